The Morgan fingerprint density at radius 2 is 1.97 bits per heavy atom. The molecule has 8 nitrogen and oxygen atoms in total. The summed E-state index contributed by atoms with van der Waals surface area (Å²) in [6.07, 6.45) is 2.42. The van der Waals surface area contributed by atoms with Gasteiger partial charge in [0.25, 0.3) is 5.56 Å². The van der Waals surface area contributed by atoms with Crippen molar-refractivity contribution in [2.45, 2.75) is 20.0 Å². The quantitative estimate of drug-likeness (QED) is 0.464. The van der Waals surface area contributed by atoms with Crippen LogP contribution in [-0.4, -0.2) is 65.4 Å². The Hall–Kier alpha value is -3.30. The number of ether oxygens (including phenoxy) is 2. The highest BCUT2D eigenvalue weighted by molar-refractivity contribution is 5.60. The molecule has 9 heteroatoms. The van der Waals surface area contributed by atoms with E-state index in [1.807, 2.05) is 29.2 Å². The van der Waals surface area contributed by atoms with Gasteiger partial charge in [-0.25, -0.2) is 9.37 Å². The number of aromatic nitrogens is 3. The summed E-state index contributed by atoms with van der Waals surface area (Å²) < 4.78 is 27.7. The highest BCUT2D eigenvalue weighted by Crippen LogP contribution is 2.27. The minimum Gasteiger partial charge on any atom is -0.492 e. The van der Waals surface area contributed by atoms with Gasteiger partial charge in [-0.3, -0.25) is 14.3 Å². The molecule has 3 heterocycles. The van der Waals surface area contributed by atoms with E-state index in [9.17, 15) is 9.18 Å². The summed E-state index contributed by atoms with van der Waals surface area (Å²) in [5.41, 5.74) is 1.31. The SMILES string of the molecule is CCN(CC)CCOc1ccc(C2CN(c3nc(-c4ccncc4F)cc(=O)n3C)CCO2)cc1. The van der Waals surface area contributed by atoms with Gasteiger partial charge in [-0.05, 0) is 36.9 Å². The molecule has 0 radical (unpaired) electrons. The number of rotatable bonds is 9. The lowest BCUT2D eigenvalue weighted by molar-refractivity contribution is 0.0389. The summed E-state index contributed by atoms with van der Waals surface area (Å²) in [4.78, 5) is 25.4. The van der Waals surface area contributed by atoms with Gasteiger partial charge in [-0.1, -0.05) is 26.0 Å². The highest BCUT2D eigenvalue weighted by Gasteiger charge is 2.25. The zero-order valence-corrected chi connectivity index (χ0v) is 20.5. The molecule has 1 fully saturated rings. The van der Waals surface area contributed by atoms with E-state index in [0.717, 1.165) is 37.1 Å². The lowest BCUT2D eigenvalue weighted by Crippen LogP contribution is -2.41. The molecule has 35 heavy (non-hydrogen) atoms. The molecule has 0 amide bonds. The first-order chi connectivity index (χ1) is 17.0. The fourth-order valence-electron chi connectivity index (χ4n) is 4.17. The third-order valence-electron chi connectivity index (χ3n) is 6.33. The summed E-state index contributed by atoms with van der Waals surface area (Å²) in [5, 5.41) is 0. The van der Waals surface area contributed by atoms with Crippen LogP contribution < -0.4 is 15.2 Å². The molecule has 3 aromatic rings. The minimum absolute atomic E-state index is 0.188. The van der Waals surface area contributed by atoms with Crippen LogP contribution in [0.3, 0.4) is 0 Å². The molecule has 0 N–H and O–H groups in total. The lowest BCUT2D eigenvalue weighted by atomic mass is 10.1. The Morgan fingerprint density at radius 3 is 2.69 bits per heavy atom. The van der Waals surface area contributed by atoms with Crippen molar-refractivity contribution in [3.63, 3.8) is 0 Å². The number of likely N-dealkylation sites (N-methyl/N-ethyl adjacent to an activating group) is 1. The first kappa shape index (κ1) is 24.8. The predicted molar refractivity (Wildman–Crippen MR) is 133 cm³/mol. The summed E-state index contributed by atoms with van der Waals surface area (Å²) in [6, 6.07) is 10.8. The molecular formula is C26H32FN5O3. The van der Waals surface area contributed by atoms with Gasteiger partial charge in [0.15, 0.2) is 5.82 Å². The van der Waals surface area contributed by atoms with E-state index < -0.39 is 5.82 Å². The van der Waals surface area contributed by atoms with Crippen LogP contribution in [0.15, 0.2) is 53.6 Å². The Morgan fingerprint density at radius 1 is 1.20 bits per heavy atom. The molecule has 1 aliphatic rings. The molecule has 1 atom stereocenters. The number of morpholine rings is 1. The van der Waals surface area contributed by atoms with Crippen molar-refractivity contribution < 1.29 is 13.9 Å². The van der Waals surface area contributed by atoms with E-state index in [1.54, 1.807) is 7.05 Å². The molecule has 0 bridgehead atoms. The molecule has 1 unspecified atom stereocenters. The molecular weight excluding hydrogens is 449 g/mol. The van der Waals surface area contributed by atoms with Crippen LogP contribution >= 0.6 is 0 Å². The summed E-state index contributed by atoms with van der Waals surface area (Å²) >= 11 is 0. The monoisotopic (exact) mass is 481 g/mol. The van der Waals surface area contributed by atoms with Crippen molar-refractivity contribution in [3.05, 3.63) is 70.5 Å². The Labute approximate surface area is 204 Å². The Bertz CT molecular complexity index is 1180. The van der Waals surface area contributed by atoms with E-state index in [4.69, 9.17) is 9.47 Å². The second-order valence-electron chi connectivity index (χ2n) is 8.44. The molecule has 0 spiro atoms. The van der Waals surface area contributed by atoms with Crippen LogP contribution in [0, 0.1) is 5.82 Å². The van der Waals surface area contributed by atoms with Crippen molar-refractivity contribution in [1.82, 2.24) is 19.4 Å². The van der Waals surface area contributed by atoms with Gasteiger partial charge >= 0.3 is 0 Å². The second-order valence-corrected chi connectivity index (χ2v) is 8.44. The smallest absolute Gasteiger partial charge is 0.255 e. The maximum atomic E-state index is 14.3. The number of anilines is 1. The van der Waals surface area contributed by atoms with Crippen molar-refractivity contribution in [3.8, 4) is 17.0 Å². The molecule has 0 saturated carbocycles. The largest absolute Gasteiger partial charge is 0.492 e. The number of hydrogen-bond donors (Lipinski definition) is 0. The molecule has 0 aliphatic carbocycles. The average Bonchev–Trinajstić information content (AvgIpc) is 2.89. The predicted octanol–water partition coefficient (Wildman–Crippen LogP) is 3.28. The van der Waals surface area contributed by atoms with Crippen molar-refractivity contribution in [1.29, 1.82) is 0 Å². The molecule has 1 saturated heterocycles. The zero-order valence-electron chi connectivity index (χ0n) is 20.5. The second kappa shape index (κ2) is 11.4. The number of pyridine rings is 1. The summed E-state index contributed by atoms with van der Waals surface area (Å²) in [6.45, 7) is 9.42. The minimum atomic E-state index is -0.515. The van der Waals surface area contributed by atoms with Gasteiger partial charge in [0.05, 0.1) is 25.0 Å². The fraction of sp³-hybridized carbons (Fsp3) is 0.423. The Balaban J connectivity index is 1.48. The third kappa shape index (κ3) is 5.86. The number of hydrogen-bond acceptors (Lipinski definition) is 7. The average molecular weight is 482 g/mol. The van der Waals surface area contributed by atoms with E-state index in [-0.39, 0.29) is 22.9 Å². The maximum absolute atomic E-state index is 14.3. The van der Waals surface area contributed by atoms with E-state index >= 15 is 0 Å². The number of halogens is 1. The van der Waals surface area contributed by atoms with E-state index in [2.05, 4.69) is 28.7 Å². The van der Waals surface area contributed by atoms with Crippen molar-refractivity contribution in [2.24, 2.45) is 7.05 Å². The van der Waals surface area contributed by atoms with E-state index in [1.165, 1.54) is 22.9 Å². The third-order valence-corrected chi connectivity index (χ3v) is 6.33. The van der Waals surface area contributed by atoms with Crippen molar-refractivity contribution in [2.75, 3.05) is 50.8 Å². The number of nitrogens with zero attached hydrogens (tertiary/aromatic N) is 5. The van der Waals surface area contributed by atoms with Crippen LogP contribution in [0.4, 0.5) is 10.3 Å². The fourth-order valence-corrected chi connectivity index (χ4v) is 4.17. The van der Waals surface area contributed by atoms with Gasteiger partial charge in [0.2, 0.25) is 5.95 Å². The zero-order chi connectivity index (χ0) is 24.8. The highest BCUT2D eigenvalue weighted by atomic mass is 19.1. The Kier molecular flexibility index (Phi) is 8.09. The molecule has 1 aliphatic heterocycles. The molecule has 1 aromatic carbocycles. The first-order valence-electron chi connectivity index (χ1n) is 12.0. The van der Waals surface area contributed by atoms with Gasteiger partial charge < -0.3 is 19.3 Å². The molecule has 2 aromatic heterocycles. The topological polar surface area (TPSA) is 72.7 Å². The van der Waals surface area contributed by atoms with Crippen LogP contribution in [-0.2, 0) is 11.8 Å². The van der Waals surface area contributed by atoms with Gasteiger partial charge in [0.1, 0.15) is 18.5 Å². The van der Waals surface area contributed by atoms with Crippen LogP contribution in [0.5, 0.6) is 5.75 Å². The normalized spacial score (nSPS) is 16.0. The van der Waals surface area contributed by atoms with Crippen LogP contribution in [0.2, 0.25) is 0 Å². The molecule has 4 rings (SSSR count). The first-order valence-corrected chi connectivity index (χ1v) is 12.0. The van der Waals surface area contributed by atoms with Gasteiger partial charge in [-0.2, -0.15) is 0 Å². The number of benzene rings is 1. The molecule has 186 valence electrons. The van der Waals surface area contributed by atoms with Crippen LogP contribution in [0.25, 0.3) is 11.3 Å². The standard InChI is InChI=1S/C26H32FN5O3/c1-4-31(5-2)12-14-34-20-8-6-19(7-9-20)24-18-32(13-15-35-24)26-29-23(16-25(33)30(26)3)21-10-11-28-17-22(21)27/h6-11,16-17,24H,4-5,12-15,18H2,1-3H3. The van der Waals surface area contributed by atoms with Gasteiger partial charge in [-0.15, -0.1) is 0 Å². The van der Waals surface area contributed by atoms with Crippen molar-refractivity contribution >= 4 is 5.95 Å². The summed E-state index contributed by atoms with van der Waals surface area (Å²) in [7, 11) is 1.67. The maximum Gasteiger partial charge on any atom is 0.255 e. The lowest BCUT2D eigenvalue weighted by Gasteiger charge is -2.34. The van der Waals surface area contributed by atoms with Gasteiger partial charge in [0, 0.05) is 38.0 Å². The van der Waals surface area contributed by atoms with E-state index in [0.29, 0.717) is 32.3 Å². The summed E-state index contributed by atoms with van der Waals surface area (Å²) in [5.74, 6) is 0.788. The van der Waals surface area contributed by atoms with Crippen LogP contribution in [0.1, 0.15) is 25.5 Å².